The zero-order valence-electron chi connectivity index (χ0n) is 10.6. The molecule has 0 fully saturated rings. The predicted octanol–water partition coefficient (Wildman–Crippen LogP) is 2.01. The summed E-state index contributed by atoms with van der Waals surface area (Å²) in [7, 11) is 0. The van der Waals surface area contributed by atoms with Crippen molar-refractivity contribution in [2.75, 3.05) is 0 Å². The zero-order valence-corrected chi connectivity index (χ0v) is 10.6. The van der Waals surface area contributed by atoms with Gasteiger partial charge in [0.2, 0.25) is 0 Å². The largest absolute Gasteiger partial charge is 0.481 e. The molecule has 3 N–H and O–H groups in total. The van der Waals surface area contributed by atoms with E-state index in [4.69, 9.17) is 10.8 Å². The van der Waals surface area contributed by atoms with E-state index in [1.165, 1.54) is 0 Å². The maximum absolute atomic E-state index is 11.9. The molecular formula is C14H19NO3. The van der Waals surface area contributed by atoms with E-state index in [0.29, 0.717) is 18.4 Å². The van der Waals surface area contributed by atoms with Crippen LogP contribution in [0.4, 0.5) is 0 Å². The summed E-state index contributed by atoms with van der Waals surface area (Å²) in [5.41, 5.74) is 7.28. The van der Waals surface area contributed by atoms with E-state index in [0.717, 1.165) is 12.0 Å². The van der Waals surface area contributed by atoms with Crippen molar-refractivity contribution >= 4 is 11.8 Å². The van der Waals surface area contributed by atoms with Gasteiger partial charge >= 0.3 is 5.97 Å². The zero-order chi connectivity index (χ0) is 13.5. The van der Waals surface area contributed by atoms with Crippen LogP contribution < -0.4 is 5.73 Å². The molecule has 0 saturated carbocycles. The van der Waals surface area contributed by atoms with Gasteiger partial charge in [0.15, 0.2) is 5.78 Å². The van der Waals surface area contributed by atoms with Crippen LogP contribution in [-0.4, -0.2) is 22.9 Å². The summed E-state index contributed by atoms with van der Waals surface area (Å²) < 4.78 is 0. The average molecular weight is 249 g/mol. The summed E-state index contributed by atoms with van der Waals surface area (Å²) in [6.07, 6.45) is 2.14. The van der Waals surface area contributed by atoms with Crippen molar-refractivity contribution in [3.63, 3.8) is 0 Å². The predicted molar refractivity (Wildman–Crippen MR) is 69.6 cm³/mol. The van der Waals surface area contributed by atoms with Gasteiger partial charge in [-0.25, -0.2) is 0 Å². The van der Waals surface area contributed by atoms with E-state index in [1.807, 2.05) is 6.92 Å². The Kier molecular flexibility index (Phi) is 5.52. The van der Waals surface area contributed by atoms with Crippen LogP contribution in [0, 0.1) is 0 Å². The first kappa shape index (κ1) is 14.4. The summed E-state index contributed by atoms with van der Waals surface area (Å²) in [5.74, 6) is -0.873. The fourth-order valence-electron chi connectivity index (χ4n) is 1.74. The Morgan fingerprint density at radius 3 is 2.39 bits per heavy atom. The molecule has 0 heterocycles. The van der Waals surface area contributed by atoms with E-state index >= 15 is 0 Å². The number of hydrogen-bond donors (Lipinski definition) is 2. The third-order valence-electron chi connectivity index (χ3n) is 2.80. The third kappa shape index (κ3) is 4.30. The highest BCUT2D eigenvalue weighted by molar-refractivity contribution is 5.99. The Labute approximate surface area is 107 Å². The molecule has 0 saturated heterocycles. The smallest absolute Gasteiger partial charge is 0.303 e. The van der Waals surface area contributed by atoms with Gasteiger partial charge in [-0.1, -0.05) is 37.6 Å². The third-order valence-corrected chi connectivity index (χ3v) is 2.80. The molecular weight excluding hydrogens is 230 g/mol. The topological polar surface area (TPSA) is 80.4 Å². The van der Waals surface area contributed by atoms with Gasteiger partial charge in [0.25, 0.3) is 0 Å². The molecule has 0 aromatic heterocycles. The molecule has 1 rings (SSSR count). The van der Waals surface area contributed by atoms with Gasteiger partial charge in [0.05, 0.1) is 6.04 Å². The molecule has 0 bridgehead atoms. The van der Waals surface area contributed by atoms with Gasteiger partial charge in [-0.2, -0.15) is 0 Å². The van der Waals surface area contributed by atoms with Gasteiger partial charge in [0.1, 0.15) is 0 Å². The fourth-order valence-corrected chi connectivity index (χ4v) is 1.74. The molecule has 1 aromatic rings. The van der Waals surface area contributed by atoms with Crippen LogP contribution >= 0.6 is 0 Å². The second-order valence-electron chi connectivity index (χ2n) is 4.35. The Bertz CT molecular complexity index is 412. The Morgan fingerprint density at radius 2 is 1.89 bits per heavy atom. The number of benzene rings is 1. The number of carboxylic acids is 1. The van der Waals surface area contributed by atoms with Crippen molar-refractivity contribution in [3.8, 4) is 0 Å². The summed E-state index contributed by atoms with van der Waals surface area (Å²) in [6, 6.07) is 6.56. The normalized spacial score (nSPS) is 12.1. The van der Waals surface area contributed by atoms with Crippen molar-refractivity contribution in [1.29, 1.82) is 0 Å². The molecule has 98 valence electrons. The van der Waals surface area contributed by atoms with Gasteiger partial charge in [-0.15, -0.1) is 0 Å². The first-order chi connectivity index (χ1) is 8.54. The van der Waals surface area contributed by atoms with Crippen LogP contribution in [0.3, 0.4) is 0 Å². The maximum Gasteiger partial charge on any atom is 0.303 e. The monoisotopic (exact) mass is 249 g/mol. The molecule has 4 nitrogen and oxygen atoms in total. The van der Waals surface area contributed by atoms with E-state index in [2.05, 4.69) is 0 Å². The highest BCUT2D eigenvalue weighted by Gasteiger charge is 2.14. The highest BCUT2D eigenvalue weighted by Crippen LogP contribution is 2.10. The summed E-state index contributed by atoms with van der Waals surface area (Å²) in [5, 5.41) is 8.58. The van der Waals surface area contributed by atoms with E-state index in [-0.39, 0.29) is 12.2 Å². The summed E-state index contributed by atoms with van der Waals surface area (Å²) in [6.45, 7) is 1.99. The lowest BCUT2D eigenvalue weighted by atomic mass is 9.99. The van der Waals surface area contributed by atoms with Crippen LogP contribution in [0.25, 0.3) is 0 Å². The molecule has 0 spiro atoms. The number of carboxylic acid groups (broad SMARTS) is 1. The van der Waals surface area contributed by atoms with E-state index < -0.39 is 12.0 Å². The van der Waals surface area contributed by atoms with Gasteiger partial charge < -0.3 is 10.8 Å². The van der Waals surface area contributed by atoms with Crippen LogP contribution in [-0.2, 0) is 11.2 Å². The van der Waals surface area contributed by atoms with E-state index in [1.54, 1.807) is 24.3 Å². The van der Waals surface area contributed by atoms with Crippen LogP contribution in [0.2, 0.25) is 0 Å². The standard InChI is InChI=1S/C14H19NO3/c1-2-3-12(15)14(18)11-7-4-10(5-8-11)6-9-13(16)17/h4-5,7-8,12H,2-3,6,9,15H2,1H3,(H,16,17). The molecule has 0 radical (unpaired) electrons. The molecule has 1 atom stereocenters. The van der Waals surface area contributed by atoms with Crippen molar-refractivity contribution in [3.05, 3.63) is 35.4 Å². The number of carbonyl (C=O) groups is 2. The van der Waals surface area contributed by atoms with Crippen molar-refractivity contribution in [2.24, 2.45) is 5.73 Å². The molecule has 0 aliphatic rings. The van der Waals surface area contributed by atoms with Crippen LogP contribution in [0.5, 0.6) is 0 Å². The Hall–Kier alpha value is -1.68. The van der Waals surface area contributed by atoms with Crippen molar-refractivity contribution < 1.29 is 14.7 Å². The minimum atomic E-state index is -0.819. The Balaban J connectivity index is 2.64. The average Bonchev–Trinajstić information content (AvgIpc) is 2.36. The minimum absolute atomic E-state index is 0.0540. The van der Waals surface area contributed by atoms with Crippen LogP contribution in [0.15, 0.2) is 24.3 Å². The maximum atomic E-state index is 11.9. The van der Waals surface area contributed by atoms with Crippen molar-refractivity contribution in [1.82, 2.24) is 0 Å². The number of hydrogen-bond acceptors (Lipinski definition) is 3. The number of nitrogens with two attached hydrogens (primary N) is 1. The molecule has 18 heavy (non-hydrogen) atoms. The lowest BCUT2D eigenvalue weighted by Crippen LogP contribution is -2.30. The quantitative estimate of drug-likeness (QED) is 0.724. The first-order valence-corrected chi connectivity index (χ1v) is 6.15. The van der Waals surface area contributed by atoms with Crippen LogP contribution in [0.1, 0.15) is 42.1 Å². The minimum Gasteiger partial charge on any atom is -0.481 e. The number of carbonyl (C=O) groups excluding carboxylic acids is 1. The Morgan fingerprint density at radius 1 is 1.28 bits per heavy atom. The SMILES string of the molecule is CCCC(N)C(=O)c1ccc(CCC(=O)O)cc1. The lowest BCUT2D eigenvalue weighted by molar-refractivity contribution is -0.136. The molecule has 0 aliphatic carbocycles. The van der Waals surface area contributed by atoms with Gasteiger partial charge in [-0.05, 0) is 18.4 Å². The van der Waals surface area contributed by atoms with E-state index in [9.17, 15) is 9.59 Å². The van der Waals surface area contributed by atoms with Gasteiger partial charge in [0, 0.05) is 12.0 Å². The second-order valence-corrected chi connectivity index (χ2v) is 4.35. The molecule has 1 unspecified atom stereocenters. The number of aryl methyl sites for hydroxylation is 1. The molecule has 0 aliphatic heterocycles. The number of ketones is 1. The second kappa shape index (κ2) is 6.91. The summed E-state index contributed by atoms with van der Waals surface area (Å²) in [4.78, 5) is 22.3. The number of rotatable bonds is 7. The molecule has 0 amide bonds. The highest BCUT2D eigenvalue weighted by atomic mass is 16.4. The molecule has 1 aromatic carbocycles. The summed E-state index contributed by atoms with van der Waals surface area (Å²) >= 11 is 0. The number of aliphatic carboxylic acids is 1. The lowest BCUT2D eigenvalue weighted by Gasteiger charge is -2.09. The van der Waals surface area contributed by atoms with Crippen molar-refractivity contribution in [2.45, 2.75) is 38.6 Å². The molecule has 4 heteroatoms. The fraction of sp³-hybridized carbons (Fsp3) is 0.429. The first-order valence-electron chi connectivity index (χ1n) is 6.15. The number of Topliss-reactive ketones (excluding diaryl/α,β-unsaturated/α-hetero) is 1. The van der Waals surface area contributed by atoms with Gasteiger partial charge in [-0.3, -0.25) is 9.59 Å².